The average Bonchev–Trinajstić information content (AvgIpc) is 2.14. The van der Waals surface area contributed by atoms with Crippen molar-refractivity contribution in [2.45, 2.75) is 25.3 Å². The Morgan fingerprint density at radius 1 is 1.67 bits per heavy atom. The van der Waals surface area contributed by atoms with Crippen molar-refractivity contribution in [1.82, 2.24) is 5.32 Å². The molecule has 1 amide bonds. The molecule has 0 bridgehead atoms. The zero-order valence-electron chi connectivity index (χ0n) is 4.73. The zero-order valence-corrected chi connectivity index (χ0v) is 4.73. The first-order valence-electron chi connectivity index (χ1n) is 2.77. The largest absolute Gasteiger partial charge is 0.348 e. The molecule has 4 heteroatoms. The van der Waals surface area contributed by atoms with Gasteiger partial charge in [-0.3, -0.25) is 4.79 Å². The molecular formula is C5H7F2NO. The fourth-order valence-electron chi connectivity index (χ4n) is 0.827. The summed E-state index contributed by atoms with van der Waals surface area (Å²) in [5.74, 6) is -0.264. The summed E-state index contributed by atoms with van der Waals surface area (Å²) in [4.78, 5) is 10.3. The third kappa shape index (κ3) is 1.37. The van der Waals surface area contributed by atoms with Gasteiger partial charge in [0, 0.05) is 6.42 Å². The van der Waals surface area contributed by atoms with Crippen LogP contribution in [0.4, 0.5) is 8.78 Å². The van der Waals surface area contributed by atoms with Gasteiger partial charge in [-0.05, 0) is 6.42 Å². The molecule has 1 fully saturated rings. The summed E-state index contributed by atoms with van der Waals surface area (Å²) in [6, 6.07) is -0.891. The van der Waals surface area contributed by atoms with E-state index < -0.39 is 12.5 Å². The van der Waals surface area contributed by atoms with Gasteiger partial charge >= 0.3 is 0 Å². The molecule has 0 saturated carbocycles. The summed E-state index contributed by atoms with van der Waals surface area (Å²) in [6.07, 6.45) is -1.89. The molecule has 1 unspecified atom stereocenters. The molecule has 1 aliphatic rings. The Hall–Kier alpha value is -0.670. The molecule has 1 atom stereocenters. The Balaban J connectivity index is 2.39. The van der Waals surface area contributed by atoms with Gasteiger partial charge in [0.2, 0.25) is 5.91 Å². The molecule has 0 aromatic heterocycles. The van der Waals surface area contributed by atoms with E-state index in [0.717, 1.165) is 0 Å². The lowest BCUT2D eigenvalue weighted by atomic mass is 10.2. The fraction of sp³-hybridized carbons (Fsp3) is 0.800. The Kier molecular flexibility index (Phi) is 1.64. The molecule has 52 valence electrons. The van der Waals surface area contributed by atoms with Crippen LogP contribution >= 0.6 is 0 Å². The van der Waals surface area contributed by atoms with E-state index in [1.165, 1.54) is 0 Å². The first kappa shape index (κ1) is 6.45. The minimum atomic E-state index is -2.41. The minimum absolute atomic E-state index is 0.245. The van der Waals surface area contributed by atoms with Crippen molar-refractivity contribution < 1.29 is 13.6 Å². The Labute approximate surface area is 51.2 Å². The quantitative estimate of drug-likeness (QED) is 0.558. The van der Waals surface area contributed by atoms with E-state index >= 15 is 0 Å². The number of carbonyl (C=O) groups is 1. The summed E-state index contributed by atoms with van der Waals surface area (Å²) in [5.41, 5.74) is 0. The van der Waals surface area contributed by atoms with Gasteiger partial charge in [-0.15, -0.1) is 0 Å². The standard InChI is InChI=1S/C5H7F2NO/c6-5(7)3-1-2-4(9)8-3/h3,5H,1-2H2,(H,8,9). The van der Waals surface area contributed by atoms with Crippen molar-refractivity contribution in [3.63, 3.8) is 0 Å². The van der Waals surface area contributed by atoms with Gasteiger partial charge in [0.1, 0.15) is 0 Å². The topological polar surface area (TPSA) is 29.1 Å². The van der Waals surface area contributed by atoms with Crippen LogP contribution in [-0.2, 0) is 4.79 Å². The lowest BCUT2D eigenvalue weighted by Gasteiger charge is -2.05. The summed E-state index contributed by atoms with van der Waals surface area (Å²) >= 11 is 0. The first-order valence-corrected chi connectivity index (χ1v) is 2.77. The molecule has 0 radical (unpaired) electrons. The van der Waals surface area contributed by atoms with E-state index in [-0.39, 0.29) is 18.7 Å². The third-order valence-corrected chi connectivity index (χ3v) is 1.33. The number of carbonyl (C=O) groups excluding carboxylic acids is 1. The molecule has 1 rings (SSSR count). The number of alkyl halides is 2. The van der Waals surface area contributed by atoms with Crippen LogP contribution in [0.25, 0.3) is 0 Å². The predicted molar refractivity (Wildman–Crippen MR) is 27.2 cm³/mol. The monoisotopic (exact) mass is 135 g/mol. The second-order valence-electron chi connectivity index (χ2n) is 2.05. The van der Waals surface area contributed by atoms with Crippen molar-refractivity contribution in [3.8, 4) is 0 Å². The Morgan fingerprint density at radius 3 is 2.56 bits per heavy atom. The fourth-order valence-corrected chi connectivity index (χ4v) is 0.827. The van der Waals surface area contributed by atoms with Crippen LogP contribution in [0.5, 0.6) is 0 Å². The smallest absolute Gasteiger partial charge is 0.258 e. The minimum Gasteiger partial charge on any atom is -0.348 e. The van der Waals surface area contributed by atoms with Crippen molar-refractivity contribution in [1.29, 1.82) is 0 Å². The maximum Gasteiger partial charge on any atom is 0.258 e. The molecule has 1 N–H and O–H groups in total. The van der Waals surface area contributed by atoms with Crippen molar-refractivity contribution in [2.24, 2.45) is 0 Å². The van der Waals surface area contributed by atoms with E-state index in [9.17, 15) is 13.6 Å². The van der Waals surface area contributed by atoms with E-state index in [4.69, 9.17) is 0 Å². The van der Waals surface area contributed by atoms with Crippen LogP contribution in [0.3, 0.4) is 0 Å². The van der Waals surface area contributed by atoms with E-state index in [2.05, 4.69) is 5.32 Å². The van der Waals surface area contributed by atoms with Crippen LogP contribution in [0.15, 0.2) is 0 Å². The number of halogens is 2. The number of amides is 1. The van der Waals surface area contributed by atoms with Gasteiger partial charge in [0.25, 0.3) is 6.43 Å². The molecule has 0 spiro atoms. The van der Waals surface area contributed by atoms with Gasteiger partial charge in [-0.2, -0.15) is 0 Å². The highest BCUT2D eigenvalue weighted by Gasteiger charge is 2.27. The maximum absolute atomic E-state index is 11.7. The first-order chi connectivity index (χ1) is 4.20. The van der Waals surface area contributed by atoms with Crippen LogP contribution in [0.1, 0.15) is 12.8 Å². The van der Waals surface area contributed by atoms with E-state index in [0.29, 0.717) is 0 Å². The lowest BCUT2D eigenvalue weighted by Crippen LogP contribution is -2.31. The summed E-state index contributed by atoms with van der Waals surface area (Å²) in [6.45, 7) is 0. The SMILES string of the molecule is O=C1CCC(C(F)F)N1. The van der Waals surface area contributed by atoms with Crippen LogP contribution in [0.2, 0.25) is 0 Å². The van der Waals surface area contributed by atoms with Crippen molar-refractivity contribution in [2.75, 3.05) is 0 Å². The third-order valence-electron chi connectivity index (χ3n) is 1.33. The molecule has 2 nitrogen and oxygen atoms in total. The van der Waals surface area contributed by atoms with E-state index in [1.807, 2.05) is 0 Å². The molecular weight excluding hydrogens is 128 g/mol. The van der Waals surface area contributed by atoms with Crippen molar-refractivity contribution in [3.05, 3.63) is 0 Å². The second-order valence-corrected chi connectivity index (χ2v) is 2.05. The predicted octanol–water partition coefficient (Wildman–Crippen LogP) is 0.530. The normalized spacial score (nSPS) is 27.0. The Bertz CT molecular complexity index is 126. The van der Waals surface area contributed by atoms with Gasteiger partial charge in [0.15, 0.2) is 0 Å². The number of rotatable bonds is 1. The van der Waals surface area contributed by atoms with Crippen LogP contribution in [-0.4, -0.2) is 18.4 Å². The summed E-state index contributed by atoms with van der Waals surface area (Å²) in [5, 5.41) is 2.16. The van der Waals surface area contributed by atoms with Crippen LogP contribution < -0.4 is 5.32 Å². The molecule has 1 heterocycles. The second kappa shape index (κ2) is 2.29. The number of hydrogen-bond donors (Lipinski definition) is 1. The summed E-state index contributed by atoms with van der Waals surface area (Å²) < 4.78 is 23.4. The molecule has 9 heavy (non-hydrogen) atoms. The Morgan fingerprint density at radius 2 is 2.33 bits per heavy atom. The highest BCUT2D eigenvalue weighted by Crippen LogP contribution is 2.13. The van der Waals surface area contributed by atoms with Gasteiger partial charge in [-0.1, -0.05) is 0 Å². The molecule has 0 aromatic rings. The molecule has 0 aliphatic carbocycles. The van der Waals surface area contributed by atoms with Crippen molar-refractivity contribution >= 4 is 5.91 Å². The average molecular weight is 135 g/mol. The van der Waals surface area contributed by atoms with Gasteiger partial charge in [-0.25, -0.2) is 8.78 Å². The lowest BCUT2D eigenvalue weighted by molar-refractivity contribution is -0.119. The van der Waals surface area contributed by atoms with Gasteiger partial charge in [0.05, 0.1) is 6.04 Å². The highest BCUT2D eigenvalue weighted by molar-refractivity contribution is 5.78. The molecule has 1 saturated heterocycles. The summed E-state index contributed by atoms with van der Waals surface area (Å²) in [7, 11) is 0. The maximum atomic E-state index is 11.7. The zero-order chi connectivity index (χ0) is 6.85. The molecule has 0 aromatic carbocycles. The molecule has 1 aliphatic heterocycles. The van der Waals surface area contributed by atoms with Crippen LogP contribution in [0, 0.1) is 0 Å². The highest BCUT2D eigenvalue weighted by atomic mass is 19.3. The van der Waals surface area contributed by atoms with E-state index in [1.54, 1.807) is 0 Å². The van der Waals surface area contributed by atoms with Gasteiger partial charge < -0.3 is 5.32 Å². The number of nitrogens with one attached hydrogen (secondary N) is 1. The number of hydrogen-bond acceptors (Lipinski definition) is 1.